The van der Waals surface area contributed by atoms with Gasteiger partial charge in [-0.15, -0.1) is 0 Å². The van der Waals surface area contributed by atoms with Crippen molar-refractivity contribution in [3.63, 3.8) is 0 Å². The Hall–Kier alpha value is -1.88. The maximum absolute atomic E-state index is 11.8. The van der Waals surface area contributed by atoms with Crippen LogP contribution in [0.1, 0.15) is 20.3 Å². The molecule has 2 N–H and O–H groups in total. The van der Waals surface area contributed by atoms with Crippen LogP contribution < -0.4 is 10.7 Å². The second kappa shape index (κ2) is 8.26. The van der Waals surface area contributed by atoms with Crippen LogP contribution >= 0.6 is 0 Å². The van der Waals surface area contributed by atoms with E-state index in [1.807, 2.05) is 37.3 Å². The summed E-state index contributed by atoms with van der Waals surface area (Å²) in [6.45, 7) is 4.77. The molecule has 0 aliphatic rings. The van der Waals surface area contributed by atoms with Gasteiger partial charge in [-0.3, -0.25) is 20.0 Å². The van der Waals surface area contributed by atoms with Crippen LogP contribution in [0.5, 0.6) is 0 Å². The molecule has 104 valence electrons. The standard InChI is InChI=1S/C14H21N3O2/c1-3-14(19)17(10-9-15-11-12(2)18)16-13-7-5-4-6-8-13/h4-8,15-16H,3,9-11H2,1-2H3. The van der Waals surface area contributed by atoms with E-state index in [0.29, 0.717) is 26.1 Å². The van der Waals surface area contributed by atoms with Gasteiger partial charge in [-0.2, -0.15) is 0 Å². The van der Waals surface area contributed by atoms with Gasteiger partial charge in [-0.05, 0) is 19.1 Å². The van der Waals surface area contributed by atoms with Gasteiger partial charge in [-0.1, -0.05) is 25.1 Å². The van der Waals surface area contributed by atoms with Gasteiger partial charge in [-0.25, -0.2) is 0 Å². The number of anilines is 1. The highest BCUT2D eigenvalue weighted by atomic mass is 16.2. The van der Waals surface area contributed by atoms with Crippen LogP contribution in [0.15, 0.2) is 30.3 Å². The Kier molecular flexibility index (Phi) is 6.60. The van der Waals surface area contributed by atoms with E-state index in [-0.39, 0.29) is 11.7 Å². The Morgan fingerprint density at radius 3 is 2.47 bits per heavy atom. The second-order valence-electron chi connectivity index (χ2n) is 4.26. The summed E-state index contributed by atoms with van der Waals surface area (Å²) in [5, 5.41) is 4.57. The van der Waals surface area contributed by atoms with E-state index < -0.39 is 0 Å². The lowest BCUT2D eigenvalue weighted by molar-refractivity contribution is -0.129. The summed E-state index contributed by atoms with van der Waals surface area (Å²) >= 11 is 0. The van der Waals surface area contributed by atoms with Gasteiger partial charge in [0, 0.05) is 13.0 Å². The number of rotatable bonds is 8. The highest BCUT2D eigenvalue weighted by Gasteiger charge is 2.10. The van der Waals surface area contributed by atoms with Crippen LogP contribution in [0.25, 0.3) is 0 Å². The Morgan fingerprint density at radius 2 is 1.89 bits per heavy atom. The molecule has 1 rings (SSSR count). The molecule has 19 heavy (non-hydrogen) atoms. The maximum Gasteiger partial charge on any atom is 0.240 e. The van der Waals surface area contributed by atoms with Crippen molar-refractivity contribution in [2.24, 2.45) is 0 Å². The Labute approximate surface area is 114 Å². The zero-order valence-corrected chi connectivity index (χ0v) is 11.5. The molecular weight excluding hydrogens is 242 g/mol. The van der Waals surface area contributed by atoms with E-state index in [9.17, 15) is 9.59 Å². The predicted octanol–water partition coefficient (Wildman–Crippen LogP) is 1.43. The number of hydrazine groups is 1. The van der Waals surface area contributed by atoms with Gasteiger partial charge in [0.25, 0.3) is 0 Å². The molecule has 0 atom stereocenters. The molecule has 1 aromatic rings. The molecule has 5 nitrogen and oxygen atoms in total. The van der Waals surface area contributed by atoms with Gasteiger partial charge < -0.3 is 5.32 Å². The van der Waals surface area contributed by atoms with E-state index in [1.54, 1.807) is 5.01 Å². The molecule has 1 amide bonds. The van der Waals surface area contributed by atoms with Crippen molar-refractivity contribution < 1.29 is 9.59 Å². The van der Waals surface area contributed by atoms with E-state index >= 15 is 0 Å². The molecule has 0 saturated carbocycles. The second-order valence-corrected chi connectivity index (χ2v) is 4.26. The van der Waals surface area contributed by atoms with Gasteiger partial charge in [0.1, 0.15) is 5.78 Å². The number of amides is 1. The molecule has 0 bridgehead atoms. The van der Waals surface area contributed by atoms with E-state index in [2.05, 4.69) is 10.7 Å². The number of carbonyl (C=O) groups is 2. The van der Waals surface area contributed by atoms with Crippen molar-refractivity contribution in [2.45, 2.75) is 20.3 Å². The number of hydrogen-bond donors (Lipinski definition) is 2. The highest BCUT2D eigenvalue weighted by molar-refractivity contribution is 5.78. The lowest BCUT2D eigenvalue weighted by atomic mass is 10.3. The fourth-order valence-electron chi connectivity index (χ4n) is 1.56. The molecule has 0 aliphatic carbocycles. The lowest BCUT2D eigenvalue weighted by Gasteiger charge is -2.24. The van der Waals surface area contributed by atoms with Crippen molar-refractivity contribution in [3.05, 3.63) is 30.3 Å². The monoisotopic (exact) mass is 263 g/mol. The number of nitrogens with one attached hydrogen (secondary N) is 2. The fourth-order valence-corrected chi connectivity index (χ4v) is 1.56. The van der Waals surface area contributed by atoms with Crippen LogP contribution in [0, 0.1) is 0 Å². The van der Waals surface area contributed by atoms with E-state index in [4.69, 9.17) is 0 Å². The minimum absolute atomic E-state index is 0.0217. The van der Waals surface area contributed by atoms with Crippen molar-refractivity contribution in [2.75, 3.05) is 25.1 Å². The summed E-state index contributed by atoms with van der Waals surface area (Å²) in [4.78, 5) is 22.6. The normalized spacial score (nSPS) is 10.0. The molecular formula is C14H21N3O2. The number of Topliss-reactive ketones (excluding diaryl/α,β-unsaturated/α-hetero) is 1. The summed E-state index contributed by atoms with van der Waals surface area (Å²) in [5.41, 5.74) is 3.95. The molecule has 0 unspecified atom stereocenters. The summed E-state index contributed by atoms with van der Waals surface area (Å²) < 4.78 is 0. The molecule has 0 aromatic heterocycles. The van der Waals surface area contributed by atoms with Crippen molar-refractivity contribution >= 4 is 17.4 Å². The van der Waals surface area contributed by atoms with Crippen LogP contribution in [0.3, 0.4) is 0 Å². The summed E-state index contributed by atoms with van der Waals surface area (Å²) in [6, 6.07) is 9.54. The minimum atomic E-state index is 0.0217. The molecule has 0 spiro atoms. The molecule has 0 fully saturated rings. The number of nitrogens with zero attached hydrogens (tertiary/aromatic N) is 1. The third-order valence-corrected chi connectivity index (χ3v) is 2.53. The minimum Gasteiger partial charge on any atom is -0.308 e. The Bertz CT molecular complexity index is 406. The van der Waals surface area contributed by atoms with Gasteiger partial charge >= 0.3 is 0 Å². The van der Waals surface area contributed by atoms with Crippen molar-refractivity contribution in [1.82, 2.24) is 10.3 Å². The zero-order valence-electron chi connectivity index (χ0n) is 11.5. The zero-order chi connectivity index (χ0) is 14.1. The first-order valence-electron chi connectivity index (χ1n) is 6.45. The average molecular weight is 263 g/mol. The molecule has 0 radical (unpaired) electrons. The molecule has 1 aromatic carbocycles. The fraction of sp³-hybridized carbons (Fsp3) is 0.429. The first kappa shape index (κ1) is 15.2. The van der Waals surface area contributed by atoms with E-state index in [0.717, 1.165) is 5.69 Å². The number of benzene rings is 1. The van der Waals surface area contributed by atoms with Crippen LogP contribution in [0.4, 0.5) is 5.69 Å². The van der Waals surface area contributed by atoms with Crippen LogP contribution in [-0.4, -0.2) is 36.3 Å². The first-order chi connectivity index (χ1) is 9.13. The largest absolute Gasteiger partial charge is 0.308 e. The van der Waals surface area contributed by atoms with Gasteiger partial charge in [0.2, 0.25) is 5.91 Å². The average Bonchev–Trinajstić information content (AvgIpc) is 2.42. The Balaban J connectivity index is 2.48. The number of para-hydroxylation sites is 1. The molecule has 0 saturated heterocycles. The summed E-state index contributed by atoms with van der Waals surface area (Å²) in [7, 11) is 0. The number of hydrogen-bond acceptors (Lipinski definition) is 4. The van der Waals surface area contributed by atoms with Crippen LogP contribution in [-0.2, 0) is 9.59 Å². The third-order valence-electron chi connectivity index (χ3n) is 2.53. The number of ketones is 1. The van der Waals surface area contributed by atoms with E-state index in [1.165, 1.54) is 6.92 Å². The number of carbonyl (C=O) groups excluding carboxylic acids is 2. The Morgan fingerprint density at radius 1 is 1.21 bits per heavy atom. The predicted molar refractivity (Wildman–Crippen MR) is 75.6 cm³/mol. The summed E-state index contributed by atoms with van der Waals surface area (Å²) in [6.07, 6.45) is 0.437. The molecule has 0 heterocycles. The lowest BCUT2D eigenvalue weighted by Crippen LogP contribution is -2.41. The summed E-state index contributed by atoms with van der Waals surface area (Å²) in [5.74, 6) is 0.109. The third kappa shape index (κ3) is 6.01. The van der Waals surface area contributed by atoms with Crippen LogP contribution in [0.2, 0.25) is 0 Å². The maximum atomic E-state index is 11.8. The van der Waals surface area contributed by atoms with Gasteiger partial charge in [0.05, 0.1) is 18.8 Å². The quantitative estimate of drug-likeness (QED) is 0.550. The topological polar surface area (TPSA) is 61.4 Å². The first-order valence-corrected chi connectivity index (χ1v) is 6.45. The smallest absolute Gasteiger partial charge is 0.240 e. The van der Waals surface area contributed by atoms with Gasteiger partial charge in [0.15, 0.2) is 0 Å². The molecule has 0 aliphatic heterocycles. The van der Waals surface area contributed by atoms with Crippen molar-refractivity contribution in [3.8, 4) is 0 Å². The SMILES string of the molecule is CCC(=O)N(CCNCC(C)=O)Nc1ccccc1. The van der Waals surface area contributed by atoms with Crippen molar-refractivity contribution in [1.29, 1.82) is 0 Å². The highest BCUT2D eigenvalue weighted by Crippen LogP contribution is 2.07. The molecule has 5 heteroatoms.